The van der Waals surface area contributed by atoms with E-state index in [0.29, 0.717) is 18.9 Å². The van der Waals surface area contributed by atoms with Crippen LogP contribution in [0, 0.1) is 40.4 Å². The standard InChI is InChI=1S/C25H39NO6/c1-5-26-11-23(12-30-3)7-6-19(28)25-15-8-14-17(31-4)10-24(29,16(22(25)26)9-18(23)25)20(15)21(14)32-13(2)27/h14-22,28-29H,5-12H2,1-4H3/t14-,15+,16+,17-,18+,19-,20+,21-,22-,23+,24+,25+/m0/s1. The summed E-state index contributed by atoms with van der Waals surface area (Å²) in [7, 11) is 3.51. The van der Waals surface area contributed by atoms with Gasteiger partial charge in [-0.2, -0.15) is 0 Å². The van der Waals surface area contributed by atoms with E-state index in [1.165, 1.54) is 6.92 Å². The number of methoxy groups -OCH3 is 2. The third kappa shape index (κ3) is 2.28. The molecule has 1 heterocycles. The molecule has 1 spiro atoms. The molecule has 0 aromatic carbocycles. The van der Waals surface area contributed by atoms with Crippen molar-refractivity contribution in [2.24, 2.45) is 40.4 Å². The molecule has 6 fully saturated rings. The van der Waals surface area contributed by atoms with Crippen molar-refractivity contribution in [3.8, 4) is 0 Å². The van der Waals surface area contributed by atoms with Gasteiger partial charge in [-0.05, 0) is 44.1 Å². The molecule has 0 amide bonds. The molecule has 5 saturated carbocycles. The first-order valence-corrected chi connectivity index (χ1v) is 12.6. The summed E-state index contributed by atoms with van der Waals surface area (Å²) in [6.07, 6.45) is 3.27. The van der Waals surface area contributed by atoms with Crippen molar-refractivity contribution in [2.75, 3.05) is 33.9 Å². The Kier molecular flexibility index (Phi) is 4.70. The second-order valence-electron chi connectivity index (χ2n) is 11.8. The van der Waals surface area contributed by atoms with Crippen LogP contribution in [0.5, 0.6) is 0 Å². The quantitative estimate of drug-likeness (QED) is 0.614. The normalized spacial score (nSPS) is 57.5. The molecular weight excluding hydrogens is 410 g/mol. The van der Waals surface area contributed by atoms with Crippen LogP contribution in [0.2, 0.25) is 0 Å². The zero-order valence-electron chi connectivity index (χ0n) is 19.8. The topological polar surface area (TPSA) is 88.5 Å². The van der Waals surface area contributed by atoms with Gasteiger partial charge in [-0.1, -0.05) is 6.92 Å². The zero-order chi connectivity index (χ0) is 22.6. The second-order valence-corrected chi connectivity index (χ2v) is 11.8. The van der Waals surface area contributed by atoms with Crippen LogP contribution in [0.4, 0.5) is 0 Å². The summed E-state index contributed by atoms with van der Waals surface area (Å²) in [5.74, 6) is 0.164. The number of rotatable bonds is 5. The molecule has 0 aromatic rings. The number of ether oxygens (including phenoxy) is 3. The first-order chi connectivity index (χ1) is 15.3. The summed E-state index contributed by atoms with van der Waals surface area (Å²) in [5, 5.41) is 24.4. The van der Waals surface area contributed by atoms with Crippen molar-refractivity contribution >= 4 is 5.97 Å². The number of fused-ring (bicyclic) bond motifs is 2. The lowest BCUT2D eigenvalue weighted by Gasteiger charge is -2.69. The Hall–Kier alpha value is -0.730. The fourth-order valence-electron chi connectivity index (χ4n) is 10.7. The molecule has 180 valence electrons. The minimum absolute atomic E-state index is 0.0138. The van der Waals surface area contributed by atoms with E-state index in [1.807, 2.05) is 0 Å². The fraction of sp³-hybridized carbons (Fsp3) is 0.960. The van der Waals surface area contributed by atoms with Crippen molar-refractivity contribution in [3.05, 3.63) is 0 Å². The first-order valence-electron chi connectivity index (χ1n) is 12.6. The first kappa shape index (κ1) is 21.8. The number of hydrogen-bond donors (Lipinski definition) is 2. The predicted octanol–water partition coefficient (Wildman–Crippen LogP) is 1.45. The van der Waals surface area contributed by atoms with Crippen LogP contribution in [-0.2, 0) is 19.0 Å². The number of carbonyl (C=O) groups is 1. The number of nitrogens with zero attached hydrogens (tertiary/aromatic N) is 1. The number of carbonyl (C=O) groups excluding carboxylic acids is 1. The minimum atomic E-state index is -0.942. The highest BCUT2D eigenvalue weighted by molar-refractivity contribution is 5.66. The van der Waals surface area contributed by atoms with Gasteiger partial charge in [0.2, 0.25) is 0 Å². The van der Waals surface area contributed by atoms with Gasteiger partial charge in [0.25, 0.3) is 0 Å². The monoisotopic (exact) mass is 449 g/mol. The predicted molar refractivity (Wildman–Crippen MR) is 116 cm³/mol. The second kappa shape index (κ2) is 6.91. The van der Waals surface area contributed by atoms with Crippen molar-refractivity contribution < 1.29 is 29.2 Å². The molecule has 1 saturated heterocycles. The molecule has 12 atom stereocenters. The Morgan fingerprint density at radius 1 is 1.22 bits per heavy atom. The molecule has 0 unspecified atom stereocenters. The maximum Gasteiger partial charge on any atom is 0.302 e. The average Bonchev–Trinajstić information content (AvgIpc) is 3.20. The van der Waals surface area contributed by atoms with Crippen molar-refractivity contribution in [1.29, 1.82) is 0 Å². The molecule has 1 aliphatic heterocycles. The summed E-state index contributed by atoms with van der Waals surface area (Å²) in [5.41, 5.74) is -1.20. The Labute approximate surface area is 190 Å². The molecule has 7 heteroatoms. The molecular formula is C25H39NO6. The number of piperidine rings is 1. The highest BCUT2D eigenvalue weighted by atomic mass is 16.5. The largest absolute Gasteiger partial charge is 0.462 e. The SMILES string of the molecule is CCN1C[C@@]2(COC)CC[C@H](O)[C@@]34[C@@H]5C[C@@H]6[C@H](OC(C)=O)[C@@H]5[C@@](O)(C[C@@H]6OC)[C@H](C[C@H]23)[C@H]14. The summed E-state index contributed by atoms with van der Waals surface area (Å²) in [6.45, 7) is 6.27. The Morgan fingerprint density at radius 2 is 2.00 bits per heavy atom. The molecule has 0 radical (unpaired) electrons. The molecule has 0 aromatic heterocycles. The minimum Gasteiger partial charge on any atom is -0.462 e. The van der Waals surface area contributed by atoms with Gasteiger partial charge < -0.3 is 24.4 Å². The van der Waals surface area contributed by atoms with Crippen LogP contribution < -0.4 is 0 Å². The van der Waals surface area contributed by atoms with Crippen LogP contribution in [0.3, 0.4) is 0 Å². The van der Waals surface area contributed by atoms with E-state index in [9.17, 15) is 15.0 Å². The van der Waals surface area contributed by atoms with Gasteiger partial charge in [-0.25, -0.2) is 0 Å². The lowest BCUT2D eigenvalue weighted by atomic mass is 9.43. The highest BCUT2D eigenvalue weighted by Crippen LogP contribution is 2.79. The van der Waals surface area contributed by atoms with Gasteiger partial charge in [0.1, 0.15) is 6.10 Å². The third-order valence-corrected chi connectivity index (χ3v) is 11.2. The Morgan fingerprint density at radius 3 is 2.66 bits per heavy atom. The van der Waals surface area contributed by atoms with E-state index in [-0.39, 0.29) is 58.7 Å². The summed E-state index contributed by atoms with van der Waals surface area (Å²) < 4.78 is 17.7. The average molecular weight is 450 g/mol. The zero-order valence-corrected chi connectivity index (χ0v) is 19.8. The number of esters is 1. The third-order valence-electron chi connectivity index (χ3n) is 11.2. The van der Waals surface area contributed by atoms with Gasteiger partial charge >= 0.3 is 5.97 Å². The maximum atomic E-state index is 12.5. The van der Waals surface area contributed by atoms with Crippen LogP contribution in [0.15, 0.2) is 0 Å². The van der Waals surface area contributed by atoms with Crippen LogP contribution in [0.1, 0.15) is 46.0 Å². The highest BCUT2D eigenvalue weighted by Gasteiger charge is 2.83. The van der Waals surface area contributed by atoms with E-state index in [4.69, 9.17) is 14.2 Å². The summed E-state index contributed by atoms with van der Waals surface area (Å²) >= 11 is 0. The van der Waals surface area contributed by atoms with Crippen molar-refractivity contribution in [1.82, 2.24) is 4.90 Å². The lowest BCUT2D eigenvalue weighted by Crippen LogP contribution is -2.76. The van der Waals surface area contributed by atoms with Crippen LogP contribution in [0.25, 0.3) is 0 Å². The van der Waals surface area contributed by atoms with E-state index in [1.54, 1.807) is 14.2 Å². The maximum absolute atomic E-state index is 12.5. The molecule has 7 bridgehead atoms. The van der Waals surface area contributed by atoms with Gasteiger partial charge in [-0.3, -0.25) is 9.69 Å². The molecule has 7 nitrogen and oxygen atoms in total. The molecule has 2 N–H and O–H groups in total. The van der Waals surface area contributed by atoms with Crippen molar-refractivity contribution in [2.45, 2.75) is 75.9 Å². The molecule has 5 aliphatic carbocycles. The molecule has 6 rings (SSSR count). The van der Waals surface area contributed by atoms with Crippen molar-refractivity contribution in [3.63, 3.8) is 0 Å². The van der Waals surface area contributed by atoms with Crippen LogP contribution in [-0.4, -0.2) is 85.0 Å². The van der Waals surface area contributed by atoms with Gasteiger partial charge in [0.15, 0.2) is 0 Å². The number of aliphatic hydroxyl groups is 2. The van der Waals surface area contributed by atoms with Gasteiger partial charge in [-0.15, -0.1) is 0 Å². The molecule has 6 aliphatic rings. The number of hydrogen-bond acceptors (Lipinski definition) is 7. The Bertz CT molecular complexity index is 807. The van der Waals surface area contributed by atoms with E-state index in [0.717, 1.165) is 38.8 Å². The summed E-state index contributed by atoms with van der Waals surface area (Å²) in [6, 6.07) is 0.163. The van der Waals surface area contributed by atoms with Gasteiger partial charge in [0, 0.05) is 68.7 Å². The van der Waals surface area contributed by atoms with Gasteiger partial charge in [0.05, 0.1) is 24.4 Å². The fourth-order valence-corrected chi connectivity index (χ4v) is 10.7. The van der Waals surface area contributed by atoms with E-state index in [2.05, 4.69) is 11.8 Å². The van der Waals surface area contributed by atoms with E-state index >= 15 is 0 Å². The number of aliphatic hydroxyl groups excluding tert-OH is 1. The van der Waals surface area contributed by atoms with E-state index < -0.39 is 11.7 Å². The number of likely N-dealkylation sites (tertiary alicyclic amines) is 1. The smallest absolute Gasteiger partial charge is 0.302 e. The summed E-state index contributed by atoms with van der Waals surface area (Å²) in [4.78, 5) is 14.7. The lowest BCUT2D eigenvalue weighted by molar-refractivity contribution is -0.274. The van der Waals surface area contributed by atoms with Crippen LogP contribution >= 0.6 is 0 Å². The molecule has 32 heavy (non-hydrogen) atoms. The Balaban J connectivity index is 1.56.